The summed E-state index contributed by atoms with van der Waals surface area (Å²) >= 11 is 6.05. The summed E-state index contributed by atoms with van der Waals surface area (Å²) in [5, 5.41) is 0.675. The lowest BCUT2D eigenvalue weighted by Gasteiger charge is -2.03. The number of halogens is 1. The number of rotatable bonds is 1. The molecule has 1 aromatic heterocycles. The molecular weight excluding hydrogens is 206 g/mol. The van der Waals surface area contributed by atoms with E-state index in [2.05, 4.69) is 4.98 Å². The predicted octanol–water partition coefficient (Wildman–Crippen LogP) is 4.02. The molecule has 2 heteroatoms. The molecule has 1 aromatic carbocycles. The van der Waals surface area contributed by atoms with Gasteiger partial charge in [0.25, 0.3) is 0 Å². The maximum Gasteiger partial charge on any atom is 0.0702 e. The molecule has 15 heavy (non-hydrogen) atoms. The molecule has 0 radical (unpaired) electrons. The molecule has 0 N–H and O–H groups in total. The van der Waals surface area contributed by atoms with E-state index in [0.717, 1.165) is 11.1 Å². The highest BCUT2D eigenvalue weighted by Gasteiger charge is 2.01. The van der Waals surface area contributed by atoms with Crippen molar-refractivity contribution in [3.05, 3.63) is 52.7 Å². The van der Waals surface area contributed by atoms with E-state index < -0.39 is 6.85 Å². The fraction of sp³-hybridized carbons (Fsp3) is 0.154. The van der Waals surface area contributed by atoms with Crippen LogP contribution in [-0.4, -0.2) is 4.98 Å². The lowest BCUT2D eigenvalue weighted by molar-refractivity contribution is 1.27. The van der Waals surface area contributed by atoms with Gasteiger partial charge in [-0.3, -0.25) is 4.98 Å². The fourth-order valence-electron chi connectivity index (χ4n) is 1.32. The number of pyridine rings is 1. The van der Waals surface area contributed by atoms with E-state index in [4.69, 9.17) is 15.7 Å². The third-order valence-electron chi connectivity index (χ3n) is 2.23. The van der Waals surface area contributed by atoms with E-state index in [1.165, 1.54) is 6.20 Å². The Balaban J connectivity index is 2.37. The molecule has 0 bridgehead atoms. The van der Waals surface area contributed by atoms with E-state index in [-0.39, 0.29) is 5.56 Å². The fourth-order valence-corrected chi connectivity index (χ4v) is 1.50. The molecule has 0 saturated heterocycles. The van der Waals surface area contributed by atoms with E-state index in [0.29, 0.717) is 10.7 Å². The monoisotopic (exact) mass is 220 g/mol. The molecule has 1 heterocycles. The smallest absolute Gasteiger partial charge is 0.0702 e. The van der Waals surface area contributed by atoms with Crippen LogP contribution in [0.3, 0.4) is 0 Å². The van der Waals surface area contributed by atoms with Crippen LogP contribution < -0.4 is 0 Å². The van der Waals surface area contributed by atoms with E-state index in [1.54, 1.807) is 12.1 Å². The summed E-state index contributed by atoms with van der Waals surface area (Å²) in [6.07, 6.45) is 1.39. The summed E-state index contributed by atoms with van der Waals surface area (Å²) in [7, 11) is 0. The normalized spacial score (nSPS) is 14.1. The van der Waals surface area contributed by atoms with Gasteiger partial charge in [0.2, 0.25) is 0 Å². The number of aromatic nitrogens is 1. The molecular formula is C13H12ClN. The zero-order chi connectivity index (χ0) is 13.3. The number of hydrogen-bond donors (Lipinski definition) is 0. The van der Waals surface area contributed by atoms with Gasteiger partial charge in [0.05, 0.1) is 5.69 Å². The Labute approximate surface area is 99.0 Å². The number of hydrogen-bond acceptors (Lipinski definition) is 1. The number of benzene rings is 1. The van der Waals surface area contributed by atoms with Crippen molar-refractivity contribution in [3.8, 4) is 11.3 Å². The Morgan fingerprint density at radius 3 is 2.73 bits per heavy atom. The van der Waals surface area contributed by atoms with Crippen molar-refractivity contribution >= 4 is 11.6 Å². The van der Waals surface area contributed by atoms with Crippen LogP contribution in [-0.2, 0) is 0 Å². The molecule has 1 nitrogen and oxygen atoms in total. The third kappa shape index (κ3) is 2.18. The second kappa shape index (κ2) is 4.03. The number of nitrogens with zero attached hydrogens (tertiary/aromatic N) is 1. The Morgan fingerprint density at radius 1 is 1.27 bits per heavy atom. The summed E-state index contributed by atoms with van der Waals surface area (Å²) in [5.74, 6) is 0. The molecule has 2 aromatic rings. The molecule has 0 aliphatic rings. The quantitative estimate of drug-likeness (QED) is 0.708. The van der Waals surface area contributed by atoms with Gasteiger partial charge in [-0.1, -0.05) is 29.8 Å². The minimum atomic E-state index is -2.11. The molecule has 0 saturated carbocycles. The topological polar surface area (TPSA) is 12.9 Å². The Morgan fingerprint density at radius 2 is 2.13 bits per heavy atom. The Kier molecular flexibility index (Phi) is 1.89. The van der Waals surface area contributed by atoms with E-state index in [1.807, 2.05) is 25.1 Å². The van der Waals surface area contributed by atoms with Crippen molar-refractivity contribution in [3.63, 3.8) is 0 Å². The standard InChI is InChI=1S/C13H12ClN/c1-9-3-6-13(15-8-9)11-5-4-10(2)12(14)7-11/h3-8H,1-2H3/i1D3. The van der Waals surface area contributed by atoms with Crippen molar-refractivity contribution in [2.45, 2.75) is 13.8 Å². The zero-order valence-corrected chi connectivity index (χ0v) is 9.05. The Hall–Kier alpha value is -1.34. The van der Waals surface area contributed by atoms with Gasteiger partial charge in [-0.2, -0.15) is 0 Å². The lowest BCUT2D eigenvalue weighted by atomic mass is 10.1. The molecule has 0 aliphatic carbocycles. The average Bonchev–Trinajstić information content (AvgIpc) is 2.32. The summed E-state index contributed by atoms with van der Waals surface area (Å²) in [6.45, 7) is -0.187. The Bertz CT molecular complexity index is 561. The maximum absolute atomic E-state index is 7.28. The zero-order valence-electron chi connectivity index (χ0n) is 11.3. The van der Waals surface area contributed by atoms with Gasteiger partial charge in [0.1, 0.15) is 0 Å². The molecule has 0 atom stereocenters. The first kappa shape index (κ1) is 7.02. The third-order valence-corrected chi connectivity index (χ3v) is 2.64. The van der Waals surface area contributed by atoms with E-state index in [9.17, 15) is 0 Å². The first-order valence-electron chi connectivity index (χ1n) is 6.11. The van der Waals surface area contributed by atoms with Crippen LogP contribution in [0.4, 0.5) is 0 Å². The van der Waals surface area contributed by atoms with Crippen LogP contribution >= 0.6 is 11.6 Å². The lowest BCUT2D eigenvalue weighted by Crippen LogP contribution is -1.85. The summed E-state index contributed by atoms with van der Waals surface area (Å²) in [5.41, 5.74) is 2.83. The van der Waals surface area contributed by atoms with Gasteiger partial charge >= 0.3 is 0 Å². The summed E-state index contributed by atoms with van der Waals surface area (Å²) < 4.78 is 21.8. The highest BCUT2D eigenvalue weighted by Crippen LogP contribution is 2.23. The van der Waals surface area contributed by atoms with Crippen molar-refractivity contribution in [2.24, 2.45) is 0 Å². The van der Waals surface area contributed by atoms with Crippen LogP contribution in [0.1, 0.15) is 15.2 Å². The van der Waals surface area contributed by atoms with Gasteiger partial charge in [-0.05, 0) is 37.0 Å². The summed E-state index contributed by atoms with van der Waals surface area (Å²) in [4.78, 5) is 4.17. The van der Waals surface area contributed by atoms with Crippen LogP contribution in [0.2, 0.25) is 5.02 Å². The van der Waals surface area contributed by atoms with Crippen LogP contribution in [0.25, 0.3) is 11.3 Å². The molecule has 0 aliphatic heterocycles. The van der Waals surface area contributed by atoms with Gasteiger partial charge < -0.3 is 0 Å². The van der Waals surface area contributed by atoms with Crippen LogP contribution in [0.5, 0.6) is 0 Å². The second-order valence-electron chi connectivity index (χ2n) is 3.40. The minimum absolute atomic E-state index is 0.240. The van der Waals surface area contributed by atoms with Gasteiger partial charge in [-0.15, -0.1) is 0 Å². The maximum atomic E-state index is 7.28. The largest absolute Gasteiger partial charge is 0.256 e. The summed E-state index contributed by atoms with van der Waals surface area (Å²) in [6, 6.07) is 8.93. The molecule has 0 amide bonds. The SMILES string of the molecule is [2H]C([2H])([2H])c1ccc(-c2ccc(C)c(Cl)c2)nc1. The molecule has 0 spiro atoms. The van der Waals surface area contributed by atoms with Crippen molar-refractivity contribution in [2.75, 3.05) is 0 Å². The molecule has 76 valence electrons. The predicted molar refractivity (Wildman–Crippen MR) is 64.2 cm³/mol. The molecule has 2 rings (SSSR count). The van der Waals surface area contributed by atoms with Crippen LogP contribution in [0.15, 0.2) is 36.5 Å². The van der Waals surface area contributed by atoms with Gasteiger partial charge in [0.15, 0.2) is 0 Å². The van der Waals surface area contributed by atoms with Crippen LogP contribution in [0, 0.1) is 13.8 Å². The first-order valence-corrected chi connectivity index (χ1v) is 4.99. The second-order valence-corrected chi connectivity index (χ2v) is 3.80. The molecule has 0 fully saturated rings. The number of aryl methyl sites for hydroxylation is 2. The molecule has 0 unspecified atom stereocenters. The first-order chi connectivity index (χ1) is 8.38. The highest BCUT2D eigenvalue weighted by atomic mass is 35.5. The van der Waals surface area contributed by atoms with Gasteiger partial charge in [-0.25, -0.2) is 0 Å². The van der Waals surface area contributed by atoms with Crippen molar-refractivity contribution in [1.29, 1.82) is 0 Å². The average molecular weight is 221 g/mol. The van der Waals surface area contributed by atoms with E-state index >= 15 is 0 Å². The van der Waals surface area contributed by atoms with Gasteiger partial charge in [0, 0.05) is 20.9 Å². The van der Waals surface area contributed by atoms with Crippen molar-refractivity contribution < 1.29 is 4.11 Å². The highest BCUT2D eigenvalue weighted by molar-refractivity contribution is 6.31. The van der Waals surface area contributed by atoms with Crippen molar-refractivity contribution in [1.82, 2.24) is 4.98 Å². The minimum Gasteiger partial charge on any atom is -0.256 e.